The highest BCUT2D eigenvalue weighted by Crippen LogP contribution is 2.23. The number of aromatic nitrogens is 2. The Morgan fingerprint density at radius 1 is 1.12 bits per heavy atom. The minimum atomic E-state index is -0.534. The highest BCUT2D eigenvalue weighted by Gasteiger charge is 2.16. The first-order chi connectivity index (χ1) is 12.1. The first-order valence-corrected chi connectivity index (χ1v) is 8.93. The Balaban J connectivity index is 1.69. The standard InChI is InChI=1S/C21H26N2O2/c1-4-20(24)21-22-18-8-5-6-9-19(18)23(21)12-7-13-25-17-11-10-15(2)16(3)14-17/h5-6,8-11,14,20,24H,4,7,12-13H2,1-3H3/t20-/m0/s1. The number of aryl methyl sites for hydroxylation is 3. The predicted octanol–water partition coefficient (Wildman–Crippen LogP) is 4.57. The van der Waals surface area contributed by atoms with Crippen molar-refractivity contribution in [3.05, 3.63) is 59.4 Å². The zero-order chi connectivity index (χ0) is 17.8. The van der Waals surface area contributed by atoms with E-state index in [1.165, 1.54) is 11.1 Å². The smallest absolute Gasteiger partial charge is 0.138 e. The van der Waals surface area contributed by atoms with Gasteiger partial charge in [0.2, 0.25) is 0 Å². The number of aliphatic hydroxyl groups excluding tert-OH is 1. The molecule has 3 rings (SSSR count). The summed E-state index contributed by atoms with van der Waals surface area (Å²) in [6, 6.07) is 14.2. The number of benzene rings is 2. The largest absolute Gasteiger partial charge is 0.494 e. The zero-order valence-electron chi connectivity index (χ0n) is 15.2. The van der Waals surface area contributed by atoms with E-state index < -0.39 is 6.10 Å². The second-order valence-electron chi connectivity index (χ2n) is 6.48. The predicted molar refractivity (Wildman–Crippen MR) is 101 cm³/mol. The van der Waals surface area contributed by atoms with Gasteiger partial charge >= 0.3 is 0 Å². The van der Waals surface area contributed by atoms with Gasteiger partial charge in [0, 0.05) is 6.54 Å². The van der Waals surface area contributed by atoms with Crippen LogP contribution in [0.1, 0.15) is 42.8 Å². The topological polar surface area (TPSA) is 47.3 Å². The van der Waals surface area contributed by atoms with Crippen molar-refractivity contribution in [3.8, 4) is 5.75 Å². The molecule has 1 heterocycles. The van der Waals surface area contributed by atoms with Crippen molar-refractivity contribution in [1.82, 2.24) is 9.55 Å². The monoisotopic (exact) mass is 338 g/mol. The summed E-state index contributed by atoms with van der Waals surface area (Å²) in [5.41, 5.74) is 4.51. The lowest BCUT2D eigenvalue weighted by Crippen LogP contribution is -2.11. The minimum absolute atomic E-state index is 0.534. The van der Waals surface area contributed by atoms with E-state index in [0.29, 0.717) is 13.0 Å². The number of fused-ring (bicyclic) bond motifs is 1. The van der Waals surface area contributed by atoms with Gasteiger partial charge in [-0.1, -0.05) is 25.1 Å². The Morgan fingerprint density at radius 2 is 1.92 bits per heavy atom. The Labute approximate surface area is 149 Å². The Kier molecular flexibility index (Phi) is 5.39. The van der Waals surface area contributed by atoms with Crippen LogP contribution in [0.4, 0.5) is 0 Å². The van der Waals surface area contributed by atoms with E-state index in [2.05, 4.69) is 41.6 Å². The lowest BCUT2D eigenvalue weighted by molar-refractivity contribution is 0.158. The van der Waals surface area contributed by atoms with Gasteiger partial charge in [-0.05, 0) is 62.1 Å². The van der Waals surface area contributed by atoms with Crippen molar-refractivity contribution >= 4 is 11.0 Å². The molecule has 0 amide bonds. The molecule has 0 unspecified atom stereocenters. The third kappa shape index (κ3) is 3.85. The highest BCUT2D eigenvalue weighted by molar-refractivity contribution is 5.76. The summed E-state index contributed by atoms with van der Waals surface area (Å²) in [5.74, 6) is 1.65. The first kappa shape index (κ1) is 17.5. The van der Waals surface area contributed by atoms with Gasteiger partial charge in [-0.25, -0.2) is 4.98 Å². The van der Waals surface area contributed by atoms with Crippen LogP contribution in [-0.2, 0) is 6.54 Å². The van der Waals surface area contributed by atoms with E-state index >= 15 is 0 Å². The van der Waals surface area contributed by atoms with Crippen LogP contribution < -0.4 is 4.74 Å². The number of hydrogen-bond acceptors (Lipinski definition) is 3. The van der Waals surface area contributed by atoms with Crippen LogP contribution in [0.15, 0.2) is 42.5 Å². The minimum Gasteiger partial charge on any atom is -0.494 e. The molecule has 1 N–H and O–H groups in total. The van der Waals surface area contributed by atoms with E-state index in [4.69, 9.17) is 4.74 Å². The van der Waals surface area contributed by atoms with Crippen molar-refractivity contribution in [2.75, 3.05) is 6.61 Å². The number of ether oxygens (including phenoxy) is 1. The summed E-state index contributed by atoms with van der Waals surface area (Å²) < 4.78 is 8.00. The molecular weight excluding hydrogens is 312 g/mol. The van der Waals surface area contributed by atoms with E-state index in [0.717, 1.165) is 35.6 Å². The first-order valence-electron chi connectivity index (χ1n) is 8.93. The molecule has 4 nitrogen and oxygen atoms in total. The van der Waals surface area contributed by atoms with Gasteiger partial charge in [-0.15, -0.1) is 0 Å². The van der Waals surface area contributed by atoms with Gasteiger partial charge in [0.25, 0.3) is 0 Å². The van der Waals surface area contributed by atoms with Crippen LogP contribution >= 0.6 is 0 Å². The van der Waals surface area contributed by atoms with Gasteiger partial charge < -0.3 is 14.4 Å². The van der Waals surface area contributed by atoms with Crippen LogP contribution in [0.5, 0.6) is 5.75 Å². The third-order valence-corrected chi connectivity index (χ3v) is 4.64. The van der Waals surface area contributed by atoms with Gasteiger partial charge in [0.1, 0.15) is 17.7 Å². The molecule has 0 radical (unpaired) electrons. The molecule has 0 spiro atoms. The second-order valence-corrected chi connectivity index (χ2v) is 6.48. The maximum Gasteiger partial charge on any atom is 0.138 e. The SMILES string of the molecule is CC[C@H](O)c1nc2ccccc2n1CCCOc1ccc(C)c(C)c1. The molecule has 2 aromatic carbocycles. The number of nitrogens with zero attached hydrogens (tertiary/aromatic N) is 2. The van der Waals surface area contributed by atoms with Gasteiger partial charge in [0.05, 0.1) is 17.6 Å². The van der Waals surface area contributed by atoms with Gasteiger partial charge in [0.15, 0.2) is 0 Å². The van der Waals surface area contributed by atoms with Crippen LogP contribution in [0, 0.1) is 13.8 Å². The van der Waals surface area contributed by atoms with Crippen molar-refractivity contribution in [3.63, 3.8) is 0 Å². The van der Waals surface area contributed by atoms with E-state index in [-0.39, 0.29) is 0 Å². The average Bonchev–Trinajstić information content (AvgIpc) is 2.99. The van der Waals surface area contributed by atoms with Crippen LogP contribution in [0.3, 0.4) is 0 Å². The average molecular weight is 338 g/mol. The summed E-state index contributed by atoms with van der Waals surface area (Å²) in [6.45, 7) is 7.58. The molecule has 0 saturated heterocycles. The van der Waals surface area contributed by atoms with Gasteiger partial charge in [-0.2, -0.15) is 0 Å². The Morgan fingerprint density at radius 3 is 2.68 bits per heavy atom. The highest BCUT2D eigenvalue weighted by atomic mass is 16.5. The molecule has 0 aliphatic heterocycles. The summed E-state index contributed by atoms with van der Waals surface area (Å²) in [4.78, 5) is 4.61. The number of rotatable bonds is 7. The summed E-state index contributed by atoms with van der Waals surface area (Å²) >= 11 is 0. The van der Waals surface area contributed by atoms with E-state index in [9.17, 15) is 5.11 Å². The number of hydrogen-bond donors (Lipinski definition) is 1. The molecule has 0 aliphatic rings. The summed E-state index contributed by atoms with van der Waals surface area (Å²) in [7, 11) is 0. The number of aliphatic hydroxyl groups is 1. The molecular formula is C21H26N2O2. The summed E-state index contributed by atoms with van der Waals surface area (Å²) in [6.07, 6.45) is 0.979. The van der Waals surface area contributed by atoms with E-state index in [1.54, 1.807) is 0 Å². The molecule has 25 heavy (non-hydrogen) atoms. The van der Waals surface area contributed by atoms with Crippen molar-refractivity contribution in [2.45, 2.75) is 46.3 Å². The fourth-order valence-electron chi connectivity index (χ4n) is 2.98. The second kappa shape index (κ2) is 7.70. The third-order valence-electron chi connectivity index (χ3n) is 4.64. The summed E-state index contributed by atoms with van der Waals surface area (Å²) in [5, 5.41) is 10.3. The molecule has 132 valence electrons. The van der Waals surface area contributed by atoms with Crippen molar-refractivity contribution in [1.29, 1.82) is 0 Å². The van der Waals surface area contributed by atoms with Gasteiger partial charge in [-0.3, -0.25) is 0 Å². The van der Waals surface area contributed by atoms with Crippen LogP contribution in [-0.4, -0.2) is 21.3 Å². The normalized spacial score (nSPS) is 12.5. The Hall–Kier alpha value is -2.33. The molecule has 3 aromatic rings. The van der Waals surface area contributed by atoms with Crippen LogP contribution in [0.2, 0.25) is 0 Å². The zero-order valence-corrected chi connectivity index (χ0v) is 15.2. The molecule has 1 atom stereocenters. The molecule has 0 aliphatic carbocycles. The van der Waals surface area contributed by atoms with Crippen molar-refractivity contribution < 1.29 is 9.84 Å². The maximum atomic E-state index is 10.3. The lowest BCUT2D eigenvalue weighted by Gasteiger charge is -2.13. The lowest BCUT2D eigenvalue weighted by atomic mass is 10.1. The fraction of sp³-hybridized carbons (Fsp3) is 0.381. The molecule has 1 aromatic heterocycles. The molecule has 0 bridgehead atoms. The quantitative estimate of drug-likeness (QED) is 0.642. The molecule has 0 fully saturated rings. The molecule has 4 heteroatoms. The van der Waals surface area contributed by atoms with Crippen molar-refractivity contribution in [2.24, 2.45) is 0 Å². The Bertz CT molecular complexity index is 854. The fourth-order valence-corrected chi connectivity index (χ4v) is 2.98. The maximum absolute atomic E-state index is 10.3. The van der Waals surface area contributed by atoms with E-state index in [1.807, 2.05) is 31.2 Å². The number of para-hydroxylation sites is 2. The molecule has 0 saturated carbocycles. The van der Waals surface area contributed by atoms with Crippen LogP contribution in [0.25, 0.3) is 11.0 Å². The number of imidazole rings is 1.